The van der Waals surface area contributed by atoms with E-state index in [9.17, 15) is 0 Å². The highest BCUT2D eigenvalue weighted by atomic mass is 15.1. The van der Waals surface area contributed by atoms with Gasteiger partial charge in [-0.2, -0.15) is 0 Å². The second-order valence-electron chi connectivity index (χ2n) is 6.34. The smallest absolute Gasteiger partial charge is 0.113 e. The van der Waals surface area contributed by atoms with Crippen molar-refractivity contribution < 1.29 is 0 Å². The minimum Gasteiger partial charge on any atom is -0.331 e. The highest BCUT2D eigenvalue weighted by molar-refractivity contribution is 5.77. The van der Waals surface area contributed by atoms with Crippen LogP contribution < -0.4 is 5.73 Å². The van der Waals surface area contributed by atoms with E-state index in [-0.39, 0.29) is 0 Å². The number of rotatable bonds is 2. The quantitative estimate of drug-likeness (QED) is 0.896. The molecule has 0 radical (unpaired) electrons. The fourth-order valence-corrected chi connectivity index (χ4v) is 4.28. The molecule has 2 bridgehead atoms. The van der Waals surface area contributed by atoms with E-state index in [2.05, 4.69) is 29.8 Å². The summed E-state index contributed by atoms with van der Waals surface area (Å²) in [5, 5.41) is 0. The van der Waals surface area contributed by atoms with E-state index in [1.54, 1.807) is 0 Å². The van der Waals surface area contributed by atoms with E-state index >= 15 is 0 Å². The number of hydrogen-bond acceptors (Lipinski definition) is 2. The highest BCUT2D eigenvalue weighted by Gasteiger charge is 2.42. The first-order valence-electron chi connectivity index (χ1n) is 7.41. The number of imidazole rings is 1. The minimum absolute atomic E-state index is 0.593. The van der Waals surface area contributed by atoms with Crippen LogP contribution in [0.5, 0.6) is 0 Å². The first kappa shape index (κ1) is 11.5. The van der Waals surface area contributed by atoms with Crippen LogP contribution in [0, 0.1) is 11.8 Å². The average Bonchev–Trinajstić information content (AvgIpc) is 3.12. The Morgan fingerprint density at radius 3 is 2.89 bits per heavy atom. The van der Waals surface area contributed by atoms with E-state index in [0.717, 1.165) is 17.4 Å². The van der Waals surface area contributed by atoms with Gasteiger partial charge in [0.1, 0.15) is 5.82 Å². The summed E-state index contributed by atoms with van der Waals surface area (Å²) in [4.78, 5) is 4.93. The summed E-state index contributed by atoms with van der Waals surface area (Å²) in [5.41, 5.74) is 9.25. The van der Waals surface area contributed by atoms with Crippen LogP contribution in [0.2, 0.25) is 0 Å². The third-order valence-electron chi connectivity index (χ3n) is 5.29. The van der Waals surface area contributed by atoms with Crippen LogP contribution in [0.4, 0.5) is 0 Å². The molecule has 19 heavy (non-hydrogen) atoms. The predicted octanol–water partition coefficient (Wildman–Crippen LogP) is 2.94. The fourth-order valence-electron chi connectivity index (χ4n) is 4.28. The van der Waals surface area contributed by atoms with Crippen molar-refractivity contribution in [3.63, 3.8) is 0 Å². The molecule has 100 valence electrons. The second kappa shape index (κ2) is 4.07. The molecule has 0 amide bonds. The van der Waals surface area contributed by atoms with E-state index in [0.29, 0.717) is 12.5 Å². The Hall–Kier alpha value is -1.35. The summed E-state index contributed by atoms with van der Waals surface area (Å²) in [6.45, 7) is 0.593. The number of benzene rings is 1. The molecule has 2 fully saturated rings. The Morgan fingerprint density at radius 2 is 2.21 bits per heavy atom. The number of aryl methyl sites for hydroxylation is 1. The molecule has 1 aromatic heterocycles. The first-order valence-corrected chi connectivity index (χ1v) is 7.41. The normalized spacial score (nSPS) is 29.5. The van der Waals surface area contributed by atoms with E-state index in [1.165, 1.54) is 42.6 Å². The molecule has 0 saturated heterocycles. The lowest BCUT2D eigenvalue weighted by atomic mass is 9.88. The van der Waals surface area contributed by atoms with Crippen molar-refractivity contribution in [2.24, 2.45) is 24.6 Å². The zero-order valence-corrected chi connectivity index (χ0v) is 11.5. The van der Waals surface area contributed by atoms with Gasteiger partial charge in [0.05, 0.1) is 11.0 Å². The molecule has 1 aromatic carbocycles. The maximum atomic E-state index is 5.72. The largest absolute Gasteiger partial charge is 0.331 e. The van der Waals surface area contributed by atoms with Crippen molar-refractivity contribution in [2.45, 2.75) is 38.1 Å². The molecular weight excluding hydrogens is 234 g/mol. The molecule has 2 saturated carbocycles. The van der Waals surface area contributed by atoms with Crippen LogP contribution in [0.1, 0.15) is 43.0 Å². The van der Waals surface area contributed by atoms with Gasteiger partial charge in [0, 0.05) is 19.5 Å². The van der Waals surface area contributed by atoms with Crippen LogP contribution in [-0.2, 0) is 13.6 Å². The molecule has 3 heteroatoms. The predicted molar refractivity (Wildman–Crippen MR) is 76.8 cm³/mol. The number of hydrogen-bond donors (Lipinski definition) is 1. The Balaban J connectivity index is 1.80. The maximum Gasteiger partial charge on any atom is 0.113 e. The van der Waals surface area contributed by atoms with Crippen LogP contribution in [0.25, 0.3) is 11.0 Å². The number of aromatic nitrogens is 2. The summed E-state index contributed by atoms with van der Waals surface area (Å²) in [5.74, 6) is 3.85. The second-order valence-corrected chi connectivity index (χ2v) is 6.34. The molecule has 0 aliphatic heterocycles. The third-order valence-corrected chi connectivity index (χ3v) is 5.29. The monoisotopic (exact) mass is 255 g/mol. The molecule has 4 rings (SSSR count). The molecule has 3 atom stereocenters. The van der Waals surface area contributed by atoms with Gasteiger partial charge in [0.2, 0.25) is 0 Å². The van der Waals surface area contributed by atoms with Crippen molar-refractivity contribution in [2.75, 3.05) is 0 Å². The van der Waals surface area contributed by atoms with E-state index in [4.69, 9.17) is 10.7 Å². The molecule has 1 heterocycles. The van der Waals surface area contributed by atoms with Gasteiger partial charge >= 0.3 is 0 Å². The van der Waals surface area contributed by atoms with E-state index in [1.807, 2.05) is 0 Å². The summed E-state index contributed by atoms with van der Waals surface area (Å²) < 4.78 is 2.31. The van der Waals surface area contributed by atoms with Crippen molar-refractivity contribution in [3.8, 4) is 0 Å². The molecule has 3 nitrogen and oxygen atoms in total. The van der Waals surface area contributed by atoms with Crippen molar-refractivity contribution in [1.82, 2.24) is 9.55 Å². The van der Waals surface area contributed by atoms with Gasteiger partial charge in [-0.15, -0.1) is 0 Å². The standard InChI is InChI=1S/C16H21N3/c1-19-15-5-3-11(9-17)8-14(15)18-16(19)13-7-10-2-4-12(13)6-10/h3,5,8,10,12-13H,2,4,6-7,9,17H2,1H3. The average molecular weight is 255 g/mol. The Morgan fingerprint density at radius 1 is 1.32 bits per heavy atom. The van der Waals surface area contributed by atoms with Gasteiger partial charge in [-0.05, 0) is 48.8 Å². The molecule has 2 aliphatic carbocycles. The van der Waals surface area contributed by atoms with Gasteiger partial charge in [0.25, 0.3) is 0 Å². The van der Waals surface area contributed by atoms with Crippen molar-refractivity contribution in [1.29, 1.82) is 0 Å². The van der Waals surface area contributed by atoms with Crippen LogP contribution in [0.3, 0.4) is 0 Å². The lowest BCUT2D eigenvalue weighted by Crippen LogP contribution is -2.13. The molecule has 0 spiro atoms. The lowest BCUT2D eigenvalue weighted by molar-refractivity contribution is 0.400. The first-order chi connectivity index (χ1) is 9.26. The van der Waals surface area contributed by atoms with Gasteiger partial charge < -0.3 is 10.3 Å². The minimum atomic E-state index is 0.593. The zero-order valence-electron chi connectivity index (χ0n) is 11.5. The van der Waals surface area contributed by atoms with Crippen LogP contribution in [0.15, 0.2) is 18.2 Å². The molecule has 2 aromatic rings. The Bertz CT molecular complexity index is 628. The summed E-state index contributed by atoms with van der Waals surface area (Å²) >= 11 is 0. The number of fused-ring (bicyclic) bond motifs is 3. The molecule has 3 unspecified atom stereocenters. The van der Waals surface area contributed by atoms with E-state index < -0.39 is 0 Å². The molecular formula is C16H21N3. The highest BCUT2D eigenvalue weighted by Crippen LogP contribution is 2.52. The number of nitrogens with two attached hydrogens (primary N) is 1. The third kappa shape index (κ3) is 1.64. The maximum absolute atomic E-state index is 5.72. The van der Waals surface area contributed by atoms with Gasteiger partial charge in [-0.3, -0.25) is 0 Å². The topological polar surface area (TPSA) is 43.8 Å². The summed E-state index contributed by atoms with van der Waals surface area (Å²) in [7, 11) is 2.17. The van der Waals surface area contributed by atoms with Crippen LogP contribution >= 0.6 is 0 Å². The molecule has 2 aliphatic rings. The SMILES string of the molecule is Cn1c(C2CC3CCC2C3)nc2cc(CN)ccc21. The lowest BCUT2D eigenvalue weighted by Gasteiger charge is -2.21. The summed E-state index contributed by atoms with van der Waals surface area (Å²) in [6, 6.07) is 6.43. The van der Waals surface area contributed by atoms with Gasteiger partial charge in [0.15, 0.2) is 0 Å². The Labute approximate surface area is 113 Å². The molecule has 2 N–H and O–H groups in total. The fraction of sp³-hybridized carbons (Fsp3) is 0.562. The van der Waals surface area contributed by atoms with Crippen LogP contribution in [-0.4, -0.2) is 9.55 Å². The number of nitrogens with zero attached hydrogens (tertiary/aromatic N) is 2. The van der Waals surface area contributed by atoms with Crippen molar-refractivity contribution in [3.05, 3.63) is 29.6 Å². The van der Waals surface area contributed by atoms with Gasteiger partial charge in [-0.25, -0.2) is 4.98 Å². The zero-order chi connectivity index (χ0) is 13.0. The van der Waals surface area contributed by atoms with Crippen molar-refractivity contribution >= 4 is 11.0 Å². The Kier molecular flexibility index (Phi) is 2.46. The van der Waals surface area contributed by atoms with Gasteiger partial charge in [-0.1, -0.05) is 12.5 Å². The summed E-state index contributed by atoms with van der Waals surface area (Å²) in [6.07, 6.45) is 5.64.